The van der Waals surface area contributed by atoms with Crippen LogP contribution in [-0.2, 0) is 33.1 Å². The van der Waals surface area contributed by atoms with E-state index in [-0.39, 0.29) is 25.5 Å². The number of furan rings is 1. The molecule has 0 saturated carbocycles. The predicted molar refractivity (Wildman–Crippen MR) is 177 cm³/mol. The molecule has 0 fully saturated rings. The molecule has 0 spiro atoms. The molecule has 44 heavy (non-hydrogen) atoms. The van der Waals surface area contributed by atoms with E-state index in [0.29, 0.717) is 0 Å². The monoisotopic (exact) mass is 752 g/mol. The predicted octanol–water partition coefficient (Wildman–Crippen LogP) is 9.95. The largest absolute Gasteiger partial charge is 0.501 e. The van der Waals surface area contributed by atoms with Gasteiger partial charge >= 0.3 is 0 Å². The van der Waals surface area contributed by atoms with Gasteiger partial charge in [-0.2, -0.15) is 0 Å². The average Bonchev–Trinajstić information content (AvgIpc) is 3.57. The van der Waals surface area contributed by atoms with E-state index < -0.39 is 0 Å². The molecule has 5 heteroatoms. The topological polar surface area (TPSA) is 43.9 Å². The molecule has 8 rings (SSSR count). The maximum atomic E-state index is 6.11. The van der Waals surface area contributed by atoms with Crippen LogP contribution in [0.5, 0.6) is 0 Å². The quantitative estimate of drug-likeness (QED) is 0.169. The van der Waals surface area contributed by atoms with Crippen LogP contribution >= 0.6 is 0 Å². The first-order chi connectivity index (χ1) is 20.8. The van der Waals surface area contributed by atoms with Gasteiger partial charge in [0.2, 0.25) is 0 Å². The molecule has 0 aliphatic carbocycles. The van der Waals surface area contributed by atoms with Gasteiger partial charge in [-0.15, -0.1) is 54.1 Å². The van der Waals surface area contributed by atoms with Crippen molar-refractivity contribution in [3.63, 3.8) is 0 Å². The number of benzene rings is 4. The van der Waals surface area contributed by atoms with Crippen molar-refractivity contribution in [2.24, 2.45) is 5.41 Å². The van der Waals surface area contributed by atoms with Crippen molar-refractivity contribution in [3.05, 3.63) is 126 Å². The van der Waals surface area contributed by atoms with E-state index in [9.17, 15) is 0 Å². The number of rotatable bonds is 3. The van der Waals surface area contributed by atoms with Gasteiger partial charge in [-0.1, -0.05) is 85.3 Å². The Balaban J connectivity index is 0.000000156. The summed E-state index contributed by atoms with van der Waals surface area (Å²) in [5.41, 5.74) is 11.1. The molecule has 0 amide bonds. The van der Waals surface area contributed by atoms with Crippen LogP contribution < -0.4 is 0 Å². The molecule has 1 radical (unpaired) electrons. The van der Waals surface area contributed by atoms with Gasteiger partial charge in [0, 0.05) is 38.2 Å². The number of pyridine rings is 1. The molecule has 0 unspecified atom stereocenters. The fraction of sp³-hybridized carbons (Fsp3) is 0.179. The summed E-state index contributed by atoms with van der Waals surface area (Å²) in [7, 11) is 0. The van der Waals surface area contributed by atoms with Crippen molar-refractivity contribution >= 4 is 39.0 Å². The van der Waals surface area contributed by atoms with Crippen LogP contribution in [0.15, 0.2) is 107 Å². The maximum absolute atomic E-state index is 6.11. The van der Waals surface area contributed by atoms with Crippen LogP contribution in [0.4, 0.5) is 0 Å². The number of hydrogen-bond donors (Lipinski definition) is 0. The molecule has 0 atom stereocenters. The molecular formula is C39H33IrN3O-2. The number of hydrogen-bond acceptors (Lipinski definition) is 3. The van der Waals surface area contributed by atoms with Crippen molar-refractivity contribution in [3.8, 4) is 22.6 Å². The van der Waals surface area contributed by atoms with Gasteiger partial charge in [-0.05, 0) is 48.2 Å². The number of fused-ring (bicyclic) bond motifs is 3. The number of para-hydroxylation sites is 2. The van der Waals surface area contributed by atoms with Crippen molar-refractivity contribution < 1.29 is 24.5 Å². The van der Waals surface area contributed by atoms with Crippen LogP contribution in [0, 0.1) is 17.5 Å². The Morgan fingerprint density at radius 3 is 2.55 bits per heavy atom. The zero-order valence-corrected chi connectivity index (χ0v) is 27.7. The zero-order valence-electron chi connectivity index (χ0n) is 25.3. The Kier molecular flexibility index (Phi) is 8.11. The normalized spacial score (nSPS) is 12.5. The molecule has 0 saturated heterocycles. The summed E-state index contributed by atoms with van der Waals surface area (Å²) >= 11 is 0. The van der Waals surface area contributed by atoms with Gasteiger partial charge in [0.1, 0.15) is 5.58 Å². The van der Waals surface area contributed by atoms with Crippen LogP contribution in [0.25, 0.3) is 61.7 Å². The Hall–Kier alpha value is -4.31. The Morgan fingerprint density at radius 2 is 1.73 bits per heavy atom. The average molecular weight is 752 g/mol. The van der Waals surface area contributed by atoms with E-state index in [1.165, 1.54) is 22.2 Å². The van der Waals surface area contributed by atoms with Gasteiger partial charge in [-0.25, -0.2) is 0 Å². The van der Waals surface area contributed by atoms with E-state index in [4.69, 9.17) is 9.40 Å². The van der Waals surface area contributed by atoms with E-state index in [1.807, 2.05) is 48.7 Å². The van der Waals surface area contributed by atoms with Gasteiger partial charge in [0.15, 0.2) is 0 Å². The maximum Gasteiger partial charge on any atom is 0.120 e. The number of nitrogens with zero attached hydrogens (tertiary/aromatic N) is 3. The SMILES string of the molecule is CC(C)(C)Cc1ccnc(-c2[c-]ccc3c2oc2ccccc23)c1.CC1=Cc2cccc3nc(-c4[c-]cccc4)n(c23)C1.[Ir]. The first-order valence-electron chi connectivity index (χ1n) is 14.7. The molecule has 0 N–H and O–H groups in total. The van der Waals surface area contributed by atoms with Gasteiger partial charge < -0.3 is 14.0 Å². The summed E-state index contributed by atoms with van der Waals surface area (Å²) in [5.74, 6) is 1.01. The summed E-state index contributed by atoms with van der Waals surface area (Å²) in [4.78, 5) is 9.36. The second kappa shape index (κ2) is 12.0. The summed E-state index contributed by atoms with van der Waals surface area (Å²) in [6.07, 6.45) is 5.15. The molecule has 3 aromatic heterocycles. The third-order valence-electron chi connectivity index (χ3n) is 7.71. The minimum atomic E-state index is 0. The first-order valence-corrected chi connectivity index (χ1v) is 14.7. The van der Waals surface area contributed by atoms with Crippen LogP contribution in [0.1, 0.15) is 38.8 Å². The fourth-order valence-corrected chi connectivity index (χ4v) is 6.00. The third-order valence-corrected chi connectivity index (χ3v) is 7.71. The number of imidazole rings is 1. The summed E-state index contributed by atoms with van der Waals surface area (Å²) in [6.45, 7) is 9.82. The number of aromatic nitrogens is 3. The van der Waals surface area contributed by atoms with Gasteiger partial charge in [0.05, 0.1) is 22.4 Å². The second-order valence-corrected chi connectivity index (χ2v) is 12.5. The smallest absolute Gasteiger partial charge is 0.120 e. The summed E-state index contributed by atoms with van der Waals surface area (Å²) in [6, 6.07) is 37.3. The Bertz CT molecular complexity index is 2130. The first kappa shape index (κ1) is 29.7. The van der Waals surface area contributed by atoms with Crippen LogP contribution in [-0.4, -0.2) is 14.5 Å². The fourth-order valence-electron chi connectivity index (χ4n) is 6.00. The molecule has 221 valence electrons. The molecule has 4 heterocycles. The summed E-state index contributed by atoms with van der Waals surface area (Å²) < 4.78 is 8.40. The standard InChI is InChI=1S/C22H20NO.C17H13N2.Ir/c1-22(2,3)14-15-11-12-23-19(13-15)18-9-6-8-17-16-7-4-5-10-20(16)24-21(17)18;1-12-10-14-8-5-9-15-16(14)19(11-12)17(18-15)13-6-3-2-4-7-13;/h4-8,10-13H,14H2,1-3H3;2-6,8-10H,11H2,1H3;/q2*-1;. The van der Waals surface area contributed by atoms with Crippen molar-refractivity contribution in [1.29, 1.82) is 0 Å². The molecule has 4 aromatic carbocycles. The third kappa shape index (κ3) is 5.78. The molecule has 7 aromatic rings. The second-order valence-electron chi connectivity index (χ2n) is 12.5. The molecule has 1 aliphatic heterocycles. The molecule has 4 nitrogen and oxygen atoms in total. The minimum absolute atomic E-state index is 0. The van der Waals surface area contributed by atoms with Crippen molar-refractivity contribution in [2.45, 2.75) is 40.7 Å². The summed E-state index contributed by atoms with van der Waals surface area (Å²) in [5, 5.41) is 2.25. The van der Waals surface area contributed by atoms with Crippen LogP contribution in [0.2, 0.25) is 0 Å². The van der Waals surface area contributed by atoms with E-state index in [1.54, 1.807) is 0 Å². The van der Waals surface area contributed by atoms with Gasteiger partial charge in [0.25, 0.3) is 0 Å². The zero-order chi connectivity index (χ0) is 29.6. The number of allylic oxidation sites excluding steroid dienone is 1. The van der Waals surface area contributed by atoms with Gasteiger partial charge in [-0.3, -0.25) is 4.98 Å². The molecular weight excluding hydrogens is 719 g/mol. The van der Waals surface area contributed by atoms with E-state index >= 15 is 0 Å². The van der Waals surface area contributed by atoms with Crippen molar-refractivity contribution in [2.75, 3.05) is 0 Å². The molecule has 0 bridgehead atoms. The minimum Gasteiger partial charge on any atom is -0.501 e. The molecule has 1 aliphatic rings. The van der Waals surface area contributed by atoms with Crippen molar-refractivity contribution in [1.82, 2.24) is 14.5 Å². The van der Waals surface area contributed by atoms with E-state index in [0.717, 1.165) is 63.1 Å². The Morgan fingerprint density at radius 1 is 0.886 bits per heavy atom. The van der Waals surface area contributed by atoms with E-state index in [2.05, 4.69) is 104 Å². The Labute approximate surface area is 271 Å². The van der Waals surface area contributed by atoms with Crippen LogP contribution in [0.3, 0.4) is 0 Å².